The van der Waals surface area contributed by atoms with E-state index in [2.05, 4.69) is 5.32 Å². The minimum atomic E-state index is -0.706. The van der Waals surface area contributed by atoms with Gasteiger partial charge in [-0.1, -0.05) is 11.6 Å². The molecule has 0 fully saturated rings. The van der Waals surface area contributed by atoms with E-state index in [0.717, 1.165) is 11.5 Å². The van der Waals surface area contributed by atoms with E-state index in [1.165, 1.54) is 7.11 Å². The van der Waals surface area contributed by atoms with Gasteiger partial charge in [-0.15, -0.1) is 0 Å². The topological polar surface area (TPSA) is 98.0 Å². The number of aromatic hydroxyl groups is 1. The van der Waals surface area contributed by atoms with Crippen LogP contribution in [-0.4, -0.2) is 30.6 Å². The highest BCUT2D eigenvalue weighted by Gasteiger charge is 2.42. The van der Waals surface area contributed by atoms with Gasteiger partial charge in [-0.2, -0.15) is 0 Å². The minimum Gasteiger partial charge on any atom is -0.503 e. The Kier molecular flexibility index (Phi) is 6.02. The lowest BCUT2D eigenvalue weighted by molar-refractivity contribution is -0.138. The van der Waals surface area contributed by atoms with Crippen LogP contribution in [0.3, 0.4) is 0 Å². The highest BCUT2D eigenvalue weighted by Crippen LogP contribution is 2.48. The molecule has 0 radical (unpaired) electrons. The van der Waals surface area contributed by atoms with Gasteiger partial charge in [0, 0.05) is 35.2 Å². The van der Waals surface area contributed by atoms with Crippen molar-refractivity contribution in [2.24, 2.45) is 0 Å². The number of hydrogen-bond donors (Lipinski definition) is 2. The molecule has 2 heterocycles. The molecule has 1 aromatic carbocycles. The lowest BCUT2D eigenvalue weighted by atomic mass is 9.72. The van der Waals surface area contributed by atoms with E-state index in [1.807, 2.05) is 6.07 Å². The first-order valence-corrected chi connectivity index (χ1v) is 10.7. The second kappa shape index (κ2) is 8.74. The Labute approximate surface area is 190 Å². The molecule has 168 valence electrons. The number of phenolic OH excluding ortho intramolecular Hbond substituents is 1. The van der Waals surface area contributed by atoms with Gasteiger partial charge in [0.05, 0.1) is 30.6 Å². The molecular weight excluding hydrogens is 434 g/mol. The van der Waals surface area contributed by atoms with Gasteiger partial charge in [-0.05, 0) is 50.1 Å². The molecule has 8 heteroatoms. The number of Topliss-reactive ketones (excluding diaryl/α,β-unsaturated/α-hetero) is 1. The molecule has 2 N–H and O–H groups in total. The smallest absolute Gasteiger partial charge is 0.336 e. The summed E-state index contributed by atoms with van der Waals surface area (Å²) >= 11 is 6.25. The van der Waals surface area contributed by atoms with Crippen molar-refractivity contribution >= 4 is 23.4 Å². The van der Waals surface area contributed by atoms with Crippen molar-refractivity contribution in [3.05, 3.63) is 69.4 Å². The van der Waals surface area contributed by atoms with E-state index < -0.39 is 11.9 Å². The molecule has 1 aliphatic heterocycles. The molecule has 0 spiro atoms. The fourth-order valence-electron chi connectivity index (χ4n) is 4.49. The van der Waals surface area contributed by atoms with Crippen molar-refractivity contribution in [1.29, 1.82) is 0 Å². The predicted molar refractivity (Wildman–Crippen MR) is 118 cm³/mol. The van der Waals surface area contributed by atoms with Gasteiger partial charge in [-0.3, -0.25) is 4.79 Å². The van der Waals surface area contributed by atoms with Gasteiger partial charge in [0.15, 0.2) is 17.3 Å². The zero-order valence-corrected chi connectivity index (χ0v) is 18.8. The summed E-state index contributed by atoms with van der Waals surface area (Å²) in [6.45, 7) is 3.70. The Bertz CT molecular complexity index is 1130. The van der Waals surface area contributed by atoms with Gasteiger partial charge < -0.3 is 24.3 Å². The minimum absolute atomic E-state index is 0.0672. The number of carbonyl (C=O) groups excluding carboxylic acids is 2. The molecule has 2 atom stereocenters. The van der Waals surface area contributed by atoms with Gasteiger partial charge in [0.25, 0.3) is 0 Å². The van der Waals surface area contributed by atoms with Crippen molar-refractivity contribution in [3.8, 4) is 11.5 Å². The number of methoxy groups -OCH3 is 1. The number of carbonyl (C=O) groups is 2. The standard InChI is InChI=1S/C24H24ClNO6/c1-4-31-24(29)20-12(2)26-16-9-13(18-6-5-7-32-18)10-17(27)22(16)21(20)14-8-15(25)23(28)19(11-14)30-3/h5-8,11,13,21,26,28H,4,9-10H2,1-3H3. The number of ketones is 1. The average molecular weight is 458 g/mol. The zero-order valence-electron chi connectivity index (χ0n) is 18.0. The summed E-state index contributed by atoms with van der Waals surface area (Å²) in [5.74, 6) is -0.712. The van der Waals surface area contributed by atoms with E-state index in [4.69, 9.17) is 25.5 Å². The summed E-state index contributed by atoms with van der Waals surface area (Å²) in [7, 11) is 1.41. The number of benzene rings is 1. The fourth-order valence-corrected chi connectivity index (χ4v) is 4.71. The third-order valence-corrected chi connectivity index (χ3v) is 6.16. The van der Waals surface area contributed by atoms with Gasteiger partial charge >= 0.3 is 5.97 Å². The molecule has 0 saturated carbocycles. The number of rotatable bonds is 5. The number of esters is 1. The SMILES string of the molecule is CCOC(=O)C1=C(C)NC2=C(C(=O)CC(c3ccco3)C2)C1c1cc(Cl)c(O)c(OC)c1. The largest absolute Gasteiger partial charge is 0.503 e. The summed E-state index contributed by atoms with van der Waals surface area (Å²) in [5, 5.41) is 13.5. The highest BCUT2D eigenvalue weighted by atomic mass is 35.5. The lowest BCUT2D eigenvalue weighted by Crippen LogP contribution is -2.36. The van der Waals surface area contributed by atoms with Crippen molar-refractivity contribution in [2.45, 2.75) is 38.5 Å². The van der Waals surface area contributed by atoms with Crippen LogP contribution < -0.4 is 10.1 Å². The fraction of sp³-hybridized carbons (Fsp3) is 0.333. The van der Waals surface area contributed by atoms with Crippen molar-refractivity contribution in [3.63, 3.8) is 0 Å². The Morgan fingerprint density at radius 1 is 1.34 bits per heavy atom. The predicted octanol–water partition coefficient (Wildman–Crippen LogP) is 4.57. The molecule has 0 saturated heterocycles. The Hall–Kier alpha value is -3.19. The van der Waals surface area contributed by atoms with Crippen molar-refractivity contribution < 1.29 is 28.6 Å². The number of hydrogen-bond acceptors (Lipinski definition) is 7. The Morgan fingerprint density at radius 2 is 2.12 bits per heavy atom. The molecule has 0 amide bonds. The molecule has 32 heavy (non-hydrogen) atoms. The maximum atomic E-state index is 13.4. The molecule has 7 nitrogen and oxygen atoms in total. The molecule has 0 bridgehead atoms. The number of dihydropyridines is 1. The van der Waals surface area contributed by atoms with Crippen LogP contribution in [0.1, 0.15) is 49.8 Å². The average Bonchev–Trinajstić information content (AvgIpc) is 3.29. The van der Waals surface area contributed by atoms with Gasteiger partial charge in [-0.25, -0.2) is 4.79 Å². The lowest BCUT2D eigenvalue weighted by Gasteiger charge is -2.36. The van der Waals surface area contributed by atoms with E-state index in [9.17, 15) is 14.7 Å². The zero-order chi connectivity index (χ0) is 23.0. The summed E-state index contributed by atoms with van der Waals surface area (Å²) < 4.78 is 16.1. The Balaban J connectivity index is 1.87. The molecule has 2 unspecified atom stereocenters. The normalized spacial score (nSPS) is 20.7. The maximum Gasteiger partial charge on any atom is 0.336 e. The molecule has 1 aliphatic carbocycles. The number of nitrogens with one attached hydrogen (secondary N) is 1. The van der Waals surface area contributed by atoms with Crippen LogP contribution in [0, 0.1) is 0 Å². The summed E-state index contributed by atoms with van der Waals surface area (Å²) in [4.78, 5) is 26.4. The third kappa shape index (κ3) is 3.77. The van der Waals surface area contributed by atoms with Crippen LogP contribution in [0.4, 0.5) is 0 Å². The highest BCUT2D eigenvalue weighted by molar-refractivity contribution is 6.32. The first kappa shape index (κ1) is 22.0. The van der Waals surface area contributed by atoms with Crippen LogP contribution in [0.5, 0.6) is 11.5 Å². The van der Waals surface area contributed by atoms with E-state index >= 15 is 0 Å². The molecular formula is C24H24ClNO6. The molecule has 2 aromatic rings. The first-order chi connectivity index (χ1) is 15.3. The molecule has 4 rings (SSSR count). The Morgan fingerprint density at radius 3 is 2.78 bits per heavy atom. The van der Waals surface area contributed by atoms with Crippen LogP contribution in [-0.2, 0) is 14.3 Å². The second-order valence-electron chi connectivity index (χ2n) is 7.81. The van der Waals surface area contributed by atoms with Crippen molar-refractivity contribution in [1.82, 2.24) is 5.32 Å². The second-order valence-corrected chi connectivity index (χ2v) is 8.21. The monoisotopic (exact) mass is 457 g/mol. The quantitative estimate of drug-likeness (QED) is 0.634. The number of furan rings is 1. The van der Waals surface area contributed by atoms with Crippen molar-refractivity contribution in [2.75, 3.05) is 13.7 Å². The number of allylic oxidation sites excluding steroid dienone is 3. The van der Waals surface area contributed by atoms with E-state index in [0.29, 0.717) is 28.8 Å². The van der Waals surface area contributed by atoms with Gasteiger partial charge in [0.1, 0.15) is 5.76 Å². The molecule has 1 aromatic heterocycles. The number of phenols is 1. The van der Waals surface area contributed by atoms with Crippen LogP contribution in [0.15, 0.2) is 57.5 Å². The van der Waals surface area contributed by atoms with Crippen LogP contribution in [0.25, 0.3) is 0 Å². The molecule has 2 aliphatic rings. The van der Waals surface area contributed by atoms with Gasteiger partial charge in [0.2, 0.25) is 0 Å². The summed E-state index contributed by atoms with van der Waals surface area (Å²) in [6, 6.07) is 6.81. The summed E-state index contributed by atoms with van der Waals surface area (Å²) in [6.07, 6.45) is 2.40. The maximum absolute atomic E-state index is 13.4. The summed E-state index contributed by atoms with van der Waals surface area (Å²) in [5.41, 5.74) is 2.72. The van der Waals surface area contributed by atoms with Crippen LogP contribution >= 0.6 is 11.6 Å². The third-order valence-electron chi connectivity index (χ3n) is 5.87. The number of ether oxygens (including phenoxy) is 2. The van der Waals surface area contributed by atoms with E-state index in [1.54, 1.807) is 38.3 Å². The number of halogens is 1. The van der Waals surface area contributed by atoms with E-state index in [-0.39, 0.29) is 41.3 Å². The van der Waals surface area contributed by atoms with Crippen LogP contribution in [0.2, 0.25) is 5.02 Å². The first-order valence-electron chi connectivity index (χ1n) is 10.4.